The zero-order valence-electron chi connectivity index (χ0n) is 14.8. The molecule has 24 heavy (non-hydrogen) atoms. The van der Waals surface area contributed by atoms with E-state index in [-0.39, 0.29) is 11.9 Å². The molecule has 2 rings (SSSR count). The summed E-state index contributed by atoms with van der Waals surface area (Å²) in [6, 6.07) is 7.37. The fourth-order valence-corrected chi connectivity index (χ4v) is 2.22. The Labute approximate surface area is 143 Å². The molecule has 1 amide bonds. The lowest BCUT2D eigenvalue weighted by Crippen LogP contribution is -2.33. The molecule has 0 spiro atoms. The van der Waals surface area contributed by atoms with E-state index in [0.29, 0.717) is 5.92 Å². The van der Waals surface area contributed by atoms with E-state index in [9.17, 15) is 4.79 Å². The van der Waals surface area contributed by atoms with E-state index in [0.717, 1.165) is 24.3 Å². The molecule has 1 aromatic carbocycles. The Hall–Kier alpha value is -2.37. The Kier molecular flexibility index (Phi) is 6.35. The normalized spacial score (nSPS) is 13.5. The number of hydrogen-bond donors (Lipinski definition) is 1. The number of ether oxygens (including phenoxy) is 1. The highest BCUT2D eigenvalue weighted by Crippen LogP contribution is 2.19. The van der Waals surface area contributed by atoms with Gasteiger partial charge in [0.25, 0.3) is 0 Å². The molecule has 0 aliphatic carbocycles. The minimum atomic E-state index is -0.395. The summed E-state index contributed by atoms with van der Waals surface area (Å²) in [5.74, 6) is 1.39. The summed E-state index contributed by atoms with van der Waals surface area (Å²) in [6.45, 7) is 8.83. The maximum Gasteiger partial charge on any atom is 0.245 e. The van der Waals surface area contributed by atoms with Crippen LogP contribution in [0.4, 0.5) is 0 Å². The standard InChI is InChI=1S/C18H26N4O2/c1-13(2)9-10-24-17-7-5-16(6-8-17)14(3)21-18(23)15(4)22-12-19-11-20-22/h5-8,11-15H,9-10H2,1-4H3,(H,21,23)/t14-,15-/m0/s1. The number of nitrogens with zero attached hydrogens (tertiary/aromatic N) is 3. The van der Waals surface area contributed by atoms with Crippen molar-refractivity contribution in [3.63, 3.8) is 0 Å². The summed E-state index contributed by atoms with van der Waals surface area (Å²) in [4.78, 5) is 16.1. The van der Waals surface area contributed by atoms with Crippen molar-refractivity contribution in [1.29, 1.82) is 0 Å². The van der Waals surface area contributed by atoms with Gasteiger partial charge in [-0.25, -0.2) is 9.67 Å². The first-order valence-electron chi connectivity index (χ1n) is 8.34. The zero-order valence-corrected chi connectivity index (χ0v) is 14.8. The van der Waals surface area contributed by atoms with Crippen molar-refractivity contribution < 1.29 is 9.53 Å². The third kappa shape index (κ3) is 5.08. The molecule has 2 atom stereocenters. The van der Waals surface area contributed by atoms with E-state index in [2.05, 4.69) is 29.2 Å². The monoisotopic (exact) mass is 330 g/mol. The second kappa shape index (κ2) is 8.47. The van der Waals surface area contributed by atoms with E-state index in [1.165, 1.54) is 17.3 Å². The Balaban J connectivity index is 1.87. The van der Waals surface area contributed by atoms with Crippen molar-refractivity contribution in [1.82, 2.24) is 20.1 Å². The SMILES string of the molecule is CC(C)CCOc1ccc([C@H](C)NC(=O)[C@H](C)n2cncn2)cc1. The molecule has 6 nitrogen and oxygen atoms in total. The number of carbonyl (C=O) groups excluding carboxylic acids is 1. The quantitative estimate of drug-likeness (QED) is 0.807. The van der Waals surface area contributed by atoms with Gasteiger partial charge in [-0.2, -0.15) is 5.10 Å². The molecule has 0 aliphatic heterocycles. The Bertz CT molecular complexity index is 623. The number of hydrogen-bond acceptors (Lipinski definition) is 4. The summed E-state index contributed by atoms with van der Waals surface area (Å²) in [6.07, 6.45) is 4.00. The molecule has 1 heterocycles. The van der Waals surface area contributed by atoms with Crippen LogP contribution in [0.2, 0.25) is 0 Å². The molecule has 1 aromatic heterocycles. The van der Waals surface area contributed by atoms with Gasteiger partial charge in [-0.15, -0.1) is 0 Å². The lowest BCUT2D eigenvalue weighted by atomic mass is 10.1. The fourth-order valence-electron chi connectivity index (χ4n) is 2.22. The first-order chi connectivity index (χ1) is 11.5. The van der Waals surface area contributed by atoms with Crippen LogP contribution in [0.1, 0.15) is 51.8 Å². The number of benzene rings is 1. The highest BCUT2D eigenvalue weighted by Gasteiger charge is 2.18. The average Bonchev–Trinajstić information content (AvgIpc) is 3.08. The molecule has 0 unspecified atom stereocenters. The summed E-state index contributed by atoms with van der Waals surface area (Å²) < 4.78 is 7.25. The summed E-state index contributed by atoms with van der Waals surface area (Å²) in [7, 11) is 0. The predicted molar refractivity (Wildman–Crippen MR) is 92.7 cm³/mol. The highest BCUT2D eigenvalue weighted by molar-refractivity contribution is 5.80. The van der Waals surface area contributed by atoms with Crippen LogP contribution in [-0.2, 0) is 4.79 Å². The van der Waals surface area contributed by atoms with Crippen LogP contribution in [0.3, 0.4) is 0 Å². The fraction of sp³-hybridized carbons (Fsp3) is 0.500. The van der Waals surface area contributed by atoms with Gasteiger partial charge in [-0.1, -0.05) is 26.0 Å². The summed E-state index contributed by atoms with van der Waals surface area (Å²) in [5, 5.41) is 6.99. The number of rotatable bonds is 8. The van der Waals surface area contributed by atoms with Crippen molar-refractivity contribution in [3.05, 3.63) is 42.5 Å². The van der Waals surface area contributed by atoms with E-state index in [1.807, 2.05) is 31.2 Å². The third-order valence-corrected chi connectivity index (χ3v) is 3.92. The Morgan fingerprint density at radius 3 is 2.50 bits per heavy atom. The average molecular weight is 330 g/mol. The third-order valence-electron chi connectivity index (χ3n) is 3.92. The molecule has 1 N–H and O–H groups in total. The van der Waals surface area contributed by atoms with Gasteiger partial charge < -0.3 is 10.1 Å². The molecule has 0 saturated carbocycles. The van der Waals surface area contributed by atoms with E-state index < -0.39 is 6.04 Å². The maximum absolute atomic E-state index is 12.3. The van der Waals surface area contributed by atoms with Crippen LogP contribution in [0.25, 0.3) is 0 Å². The van der Waals surface area contributed by atoms with Gasteiger partial charge in [0.2, 0.25) is 5.91 Å². The topological polar surface area (TPSA) is 69.0 Å². The van der Waals surface area contributed by atoms with Crippen LogP contribution < -0.4 is 10.1 Å². The molecule has 6 heteroatoms. The van der Waals surface area contributed by atoms with Gasteiger partial charge >= 0.3 is 0 Å². The zero-order chi connectivity index (χ0) is 17.5. The molecule has 0 radical (unpaired) electrons. The van der Waals surface area contributed by atoms with Crippen molar-refractivity contribution in [2.45, 2.75) is 46.2 Å². The highest BCUT2D eigenvalue weighted by atomic mass is 16.5. The summed E-state index contributed by atoms with van der Waals surface area (Å²) >= 11 is 0. The Morgan fingerprint density at radius 2 is 1.92 bits per heavy atom. The van der Waals surface area contributed by atoms with Crippen molar-refractivity contribution >= 4 is 5.91 Å². The van der Waals surface area contributed by atoms with Gasteiger partial charge in [0.05, 0.1) is 12.6 Å². The van der Waals surface area contributed by atoms with E-state index in [1.54, 1.807) is 6.92 Å². The lowest BCUT2D eigenvalue weighted by Gasteiger charge is -2.18. The van der Waals surface area contributed by atoms with Crippen molar-refractivity contribution in [3.8, 4) is 5.75 Å². The first kappa shape index (κ1) is 18.0. The van der Waals surface area contributed by atoms with Gasteiger partial charge in [0, 0.05) is 0 Å². The summed E-state index contributed by atoms with van der Waals surface area (Å²) in [5.41, 5.74) is 1.03. The molecule has 0 aliphatic rings. The van der Waals surface area contributed by atoms with Crippen LogP contribution in [0.15, 0.2) is 36.9 Å². The smallest absolute Gasteiger partial charge is 0.245 e. The van der Waals surface area contributed by atoms with Crippen LogP contribution in [0.5, 0.6) is 5.75 Å². The molecule has 0 bridgehead atoms. The van der Waals surface area contributed by atoms with Crippen LogP contribution in [-0.4, -0.2) is 27.3 Å². The van der Waals surface area contributed by atoms with Gasteiger partial charge in [0.15, 0.2) is 0 Å². The molecular formula is C18H26N4O2. The van der Waals surface area contributed by atoms with E-state index >= 15 is 0 Å². The minimum Gasteiger partial charge on any atom is -0.494 e. The van der Waals surface area contributed by atoms with E-state index in [4.69, 9.17) is 4.74 Å². The van der Waals surface area contributed by atoms with Crippen molar-refractivity contribution in [2.75, 3.05) is 6.61 Å². The number of carbonyl (C=O) groups is 1. The lowest BCUT2D eigenvalue weighted by molar-refractivity contribution is -0.124. The molecule has 130 valence electrons. The van der Waals surface area contributed by atoms with Gasteiger partial charge in [-0.3, -0.25) is 4.79 Å². The molecule has 0 fully saturated rings. The largest absolute Gasteiger partial charge is 0.494 e. The maximum atomic E-state index is 12.3. The molecular weight excluding hydrogens is 304 g/mol. The number of aromatic nitrogens is 3. The van der Waals surface area contributed by atoms with Gasteiger partial charge in [0.1, 0.15) is 24.4 Å². The minimum absolute atomic E-state index is 0.0896. The van der Waals surface area contributed by atoms with Crippen LogP contribution >= 0.6 is 0 Å². The first-order valence-corrected chi connectivity index (χ1v) is 8.34. The second-order valence-electron chi connectivity index (χ2n) is 6.38. The predicted octanol–water partition coefficient (Wildman–Crippen LogP) is 3.14. The Morgan fingerprint density at radius 1 is 1.21 bits per heavy atom. The number of amides is 1. The van der Waals surface area contributed by atoms with Gasteiger partial charge in [-0.05, 0) is 43.9 Å². The second-order valence-corrected chi connectivity index (χ2v) is 6.38. The molecule has 2 aromatic rings. The van der Waals surface area contributed by atoms with Crippen molar-refractivity contribution in [2.24, 2.45) is 5.92 Å². The number of nitrogens with one attached hydrogen (secondary N) is 1. The molecule has 0 saturated heterocycles. The van der Waals surface area contributed by atoms with Crippen LogP contribution in [0, 0.1) is 5.92 Å².